The molecule has 0 bridgehead atoms. The van der Waals surface area contributed by atoms with E-state index >= 15 is 0 Å². The van der Waals surface area contributed by atoms with Crippen molar-refractivity contribution in [2.45, 2.75) is 6.42 Å². The Morgan fingerprint density at radius 3 is 2.58 bits per heavy atom. The third-order valence-electron chi connectivity index (χ3n) is 2.69. The molecule has 3 nitrogen and oxygen atoms in total. The summed E-state index contributed by atoms with van der Waals surface area (Å²) in [5, 5.41) is 19.4. The van der Waals surface area contributed by atoms with Gasteiger partial charge in [-0.3, -0.25) is 4.99 Å². The number of benzene rings is 2. The second-order valence-corrected chi connectivity index (χ2v) is 4.57. The molecule has 0 saturated carbocycles. The molecule has 0 aromatic heterocycles. The van der Waals surface area contributed by atoms with E-state index in [1.54, 1.807) is 6.07 Å². The van der Waals surface area contributed by atoms with Crippen LogP contribution in [0.1, 0.15) is 11.1 Å². The van der Waals surface area contributed by atoms with Crippen molar-refractivity contribution < 1.29 is 10.2 Å². The maximum atomic E-state index is 9.64. The van der Waals surface area contributed by atoms with Crippen LogP contribution in [0.2, 0.25) is 5.02 Å². The number of hydrogen-bond acceptors (Lipinski definition) is 3. The minimum absolute atomic E-state index is 0.201. The van der Waals surface area contributed by atoms with Crippen LogP contribution < -0.4 is 0 Å². The average molecular weight is 276 g/mol. The number of phenolic OH excluding ortho intramolecular Hbond substituents is 2. The van der Waals surface area contributed by atoms with E-state index in [2.05, 4.69) is 4.99 Å². The summed E-state index contributed by atoms with van der Waals surface area (Å²) in [6, 6.07) is 12.9. The zero-order valence-electron chi connectivity index (χ0n) is 10.3. The van der Waals surface area contributed by atoms with Gasteiger partial charge in [-0.25, -0.2) is 0 Å². The number of nitrogens with zero attached hydrogens (tertiary/aromatic N) is 1. The van der Waals surface area contributed by atoms with E-state index in [1.807, 2.05) is 30.3 Å². The van der Waals surface area contributed by atoms with Gasteiger partial charge in [0.1, 0.15) is 0 Å². The molecule has 2 rings (SSSR count). The summed E-state index contributed by atoms with van der Waals surface area (Å²) in [6.07, 6.45) is 2.34. The quantitative estimate of drug-likeness (QED) is 0.664. The molecule has 4 heteroatoms. The molecule has 0 atom stereocenters. The van der Waals surface area contributed by atoms with Gasteiger partial charge in [0.05, 0.1) is 0 Å². The predicted octanol–water partition coefficient (Wildman–Crippen LogP) is 3.41. The molecule has 2 aromatic carbocycles. The highest BCUT2D eigenvalue weighted by Gasteiger charge is 2.06. The third kappa shape index (κ3) is 3.73. The Hall–Kier alpha value is -2.00. The molecule has 98 valence electrons. The maximum absolute atomic E-state index is 9.64. The van der Waals surface area contributed by atoms with Gasteiger partial charge in [0, 0.05) is 29.4 Å². The molecule has 0 unspecified atom stereocenters. The maximum Gasteiger partial charge on any atom is 0.166 e. The lowest BCUT2D eigenvalue weighted by atomic mass is 10.1. The first kappa shape index (κ1) is 13.4. The van der Waals surface area contributed by atoms with Crippen molar-refractivity contribution in [3.63, 3.8) is 0 Å². The lowest BCUT2D eigenvalue weighted by Gasteiger charge is -2.02. The highest BCUT2D eigenvalue weighted by atomic mass is 35.5. The van der Waals surface area contributed by atoms with E-state index in [0.717, 1.165) is 6.42 Å². The van der Waals surface area contributed by atoms with Crippen LogP contribution in [0.3, 0.4) is 0 Å². The van der Waals surface area contributed by atoms with Crippen molar-refractivity contribution in [2.75, 3.05) is 6.54 Å². The molecule has 0 saturated heterocycles. The highest BCUT2D eigenvalue weighted by Crippen LogP contribution is 2.31. The first-order chi connectivity index (χ1) is 9.16. The van der Waals surface area contributed by atoms with E-state index in [9.17, 15) is 10.2 Å². The van der Waals surface area contributed by atoms with E-state index in [-0.39, 0.29) is 11.5 Å². The Kier molecular flexibility index (Phi) is 4.42. The summed E-state index contributed by atoms with van der Waals surface area (Å²) < 4.78 is 0. The molecule has 19 heavy (non-hydrogen) atoms. The van der Waals surface area contributed by atoms with Crippen LogP contribution in [0.25, 0.3) is 0 Å². The Balaban J connectivity index is 2.00. The molecule has 0 radical (unpaired) electrons. The highest BCUT2D eigenvalue weighted by molar-refractivity contribution is 6.31. The van der Waals surface area contributed by atoms with Gasteiger partial charge in [0.25, 0.3) is 0 Å². The Morgan fingerprint density at radius 1 is 1.11 bits per heavy atom. The minimum atomic E-state index is -0.239. The van der Waals surface area contributed by atoms with Gasteiger partial charge in [-0.15, -0.1) is 0 Å². The van der Waals surface area contributed by atoms with Gasteiger partial charge in [-0.05, 0) is 18.1 Å². The van der Waals surface area contributed by atoms with Gasteiger partial charge >= 0.3 is 0 Å². The minimum Gasteiger partial charge on any atom is -0.504 e. The second-order valence-electron chi connectivity index (χ2n) is 4.13. The fraction of sp³-hybridized carbons (Fsp3) is 0.133. The molecule has 0 aliphatic heterocycles. The van der Waals surface area contributed by atoms with E-state index in [4.69, 9.17) is 11.6 Å². The molecule has 0 fully saturated rings. The van der Waals surface area contributed by atoms with Crippen LogP contribution in [0.15, 0.2) is 47.5 Å². The van der Waals surface area contributed by atoms with Crippen LogP contribution in [0.5, 0.6) is 11.5 Å². The molecule has 0 aliphatic rings. The first-order valence-electron chi connectivity index (χ1n) is 5.92. The molecule has 0 heterocycles. The van der Waals surface area contributed by atoms with Crippen molar-refractivity contribution in [1.29, 1.82) is 0 Å². The zero-order valence-corrected chi connectivity index (χ0v) is 11.0. The zero-order chi connectivity index (χ0) is 13.7. The summed E-state index contributed by atoms with van der Waals surface area (Å²) >= 11 is 5.80. The fourth-order valence-electron chi connectivity index (χ4n) is 1.71. The molecule has 0 amide bonds. The van der Waals surface area contributed by atoms with E-state index in [0.29, 0.717) is 17.1 Å². The fourth-order valence-corrected chi connectivity index (χ4v) is 1.93. The Bertz CT molecular complexity index is 582. The summed E-state index contributed by atoms with van der Waals surface area (Å²) in [6.45, 7) is 0.608. The van der Waals surface area contributed by atoms with Crippen molar-refractivity contribution in [2.24, 2.45) is 4.99 Å². The van der Waals surface area contributed by atoms with Crippen molar-refractivity contribution >= 4 is 17.8 Å². The number of rotatable bonds is 4. The van der Waals surface area contributed by atoms with Crippen LogP contribution in [0, 0.1) is 0 Å². The van der Waals surface area contributed by atoms with Crippen LogP contribution in [-0.4, -0.2) is 23.0 Å². The number of aliphatic imine (C=N–C) groups is 1. The van der Waals surface area contributed by atoms with Gasteiger partial charge in [-0.1, -0.05) is 41.9 Å². The normalized spacial score (nSPS) is 11.0. The van der Waals surface area contributed by atoms with Crippen molar-refractivity contribution in [1.82, 2.24) is 0 Å². The summed E-state index contributed by atoms with van der Waals surface area (Å²) in [5.74, 6) is -0.440. The number of hydrogen-bond donors (Lipinski definition) is 2. The molecule has 2 aromatic rings. The predicted molar refractivity (Wildman–Crippen MR) is 77.4 cm³/mol. The van der Waals surface area contributed by atoms with Crippen LogP contribution in [0.4, 0.5) is 0 Å². The number of phenols is 2. The summed E-state index contributed by atoms with van der Waals surface area (Å²) in [7, 11) is 0. The first-order valence-corrected chi connectivity index (χ1v) is 6.30. The summed E-state index contributed by atoms with van der Waals surface area (Å²) in [5.41, 5.74) is 1.62. The second kappa shape index (κ2) is 6.25. The third-order valence-corrected chi connectivity index (χ3v) is 2.91. The standard InChI is InChI=1S/C15H14ClNO2/c16-13-8-12(15(19)14(18)9-13)10-17-7-6-11-4-2-1-3-5-11/h1-5,8-10,18-19H,6-7H2. The molecular formula is C15H14ClNO2. The van der Waals surface area contributed by atoms with Gasteiger partial charge in [0.15, 0.2) is 11.5 Å². The number of halogens is 1. The van der Waals surface area contributed by atoms with Crippen LogP contribution >= 0.6 is 11.6 Å². The largest absolute Gasteiger partial charge is 0.504 e. The molecular weight excluding hydrogens is 262 g/mol. The lowest BCUT2D eigenvalue weighted by molar-refractivity contribution is 0.403. The lowest BCUT2D eigenvalue weighted by Crippen LogP contribution is -1.91. The van der Waals surface area contributed by atoms with Crippen molar-refractivity contribution in [3.8, 4) is 11.5 Å². The smallest absolute Gasteiger partial charge is 0.166 e. The Labute approximate surface area is 116 Å². The number of aromatic hydroxyl groups is 2. The average Bonchev–Trinajstić information content (AvgIpc) is 2.41. The SMILES string of the molecule is Oc1cc(Cl)cc(C=NCCc2ccccc2)c1O. The van der Waals surface area contributed by atoms with Crippen molar-refractivity contribution in [3.05, 3.63) is 58.6 Å². The molecule has 0 spiro atoms. The van der Waals surface area contributed by atoms with Crippen LogP contribution in [-0.2, 0) is 6.42 Å². The molecule has 2 N–H and O–H groups in total. The monoisotopic (exact) mass is 275 g/mol. The topological polar surface area (TPSA) is 52.8 Å². The van der Waals surface area contributed by atoms with E-state index in [1.165, 1.54) is 17.8 Å². The van der Waals surface area contributed by atoms with Gasteiger partial charge in [-0.2, -0.15) is 0 Å². The Morgan fingerprint density at radius 2 is 1.84 bits per heavy atom. The summed E-state index contributed by atoms with van der Waals surface area (Å²) in [4.78, 5) is 4.23. The van der Waals surface area contributed by atoms with E-state index < -0.39 is 0 Å². The molecule has 0 aliphatic carbocycles. The van der Waals surface area contributed by atoms with Gasteiger partial charge in [0.2, 0.25) is 0 Å². The van der Waals surface area contributed by atoms with Gasteiger partial charge < -0.3 is 10.2 Å².